The fourth-order valence-corrected chi connectivity index (χ4v) is 4.85. The highest BCUT2D eigenvalue weighted by Crippen LogP contribution is 2.46. The van der Waals surface area contributed by atoms with Gasteiger partial charge in [-0.05, 0) is 30.4 Å². The summed E-state index contributed by atoms with van der Waals surface area (Å²) in [7, 11) is -2.81. The average molecular weight is 249 g/mol. The summed E-state index contributed by atoms with van der Waals surface area (Å²) in [5.41, 5.74) is 0.0842. The van der Waals surface area contributed by atoms with E-state index in [1.54, 1.807) is 0 Å². The van der Waals surface area contributed by atoms with Gasteiger partial charge in [0.15, 0.2) is 0 Å². The molecule has 3 nitrogen and oxygen atoms in total. The lowest BCUT2D eigenvalue weighted by molar-refractivity contribution is 0.450. The van der Waals surface area contributed by atoms with Crippen molar-refractivity contribution in [3.8, 4) is 0 Å². The van der Waals surface area contributed by atoms with Crippen LogP contribution in [0.4, 0.5) is 0 Å². The molecular formula is C10H19NO2S2. The highest BCUT2D eigenvalue weighted by molar-refractivity contribution is 7.99. The van der Waals surface area contributed by atoms with E-state index in [0.717, 1.165) is 19.4 Å². The van der Waals surface area contributed by atoms with Crippen LogP contribution >= 0.6 is 11.8 Å². The average Bonchev–Trinajstić information content (AvgIpc) is 2.66. The van der Waals surface area contributed by atoms with E-state index in [4.69, 9.17) is 0 Å². The van der Waals surface area contributed by atoms with Crippen LogP contribution in [-0.2, 0) is 9.84 Å². The summed E-state index contributed by atoms with van der Waals surface area (Å²) in [6.07, 6.45) is 4.73. The minimum absolute atomic E-state index is 0.0842. The van der Waals surface area contributed by atoms with Crippen LogP contribution in [0.2, 0.25) is 0 Å². The summed E-state index contributed by atoms with van der Waals surface area (Å²) < 4.78 is 22.5. The second kappa shape index (κ2) is 4.26. The lowest BCUT2D eigenvalue weighted by Gasteiger charge is -2.18. The van der Waals surface area contributed by atoms with Gasteiger partial charge in [0.2, 0.25) is 0 Å². The molecule has 0 bridgehead atoms. The van der Waals surface area contributed by atoms with Gasteiger partial charge in [-0.2, -0.15) is 11.8 Å². The Balaban J connectivity index is 1.78. The van der Waals surface area contributed by atoms with Gasteiger partial charge in [0.05, 0.1) is 5.75 Å². The van der Waals surface area contributed by atoms with Crippen molar-refractivity contribution in [3.05, 3.63) is 0 Å². The summed E-state index contributed by atoms with van der Waals surface area (Å²) in [6.45, 7) is 0.894. The molecule has 1 heterocycles. The van der Waals surface area contributed by atoms with Crippen LogP contribution in [0.25, 0.3) is 0 Å². The minimum atomic E-state index is -2.81. The minimum Gasteiger partial charge on any atom is -0.313 e. The molecule has 1 aliphatic carbocycles. The van der Waals surface area contributed by atoms with Crippen LogP contribution in [0, 0.1) is 5.41 Å². The first-order chi connectivity index (χ1) is 6.99. The van der Waals surface area contributed by atoms with Crippen LogP contribution in [-0.4, -0.2) is 44.5 Å². The predicted molar refractivity (Wildman–Crippen MR) is 65.1 cm³/mol. The van der Waals surface area contributed by atoms with Crippen LogP contribution < -0.4 is 5.32 Å². The Morgan fingerprint density at radius 1 is 1.47 bits per heavy atom. The maximum absolute atomic E-state index is 11.3. The zero-order valence-electron chi connectivity index (χ0n) is 9.16. The molecule has 1 unspecified atom stereocenters. The molecule has 0 aromatic heterocycles. The molecule has 1 atom stereocenters. The van der Waals surface area contributed by atoms with Crippen molar-refractivity contribution < 1.29 is 8.42 Å². The molecule has 1 N–H and O–H groups in total. The molecule has 1 saturated heterocycles. The molecule has 88 valence electrons. The third-order valence-electron chi connectivity index (χ3n) is 3.22. The van der Waals surface area contributed by atoms with Gasteiger partial charge in [-0.15, -0.1) is 0 Å². The standard InChI is InChI=1S/C10H19NO2S2/c1-15(12,13)8-10(3-4-10)7-11-9-2-5-14-6-9/h9,11H,2-8H2,1H3. The monoisotopic (exact) mass is 249 g/mol. The van der Waals surface area contributed by atoms with E-state index < -0.39 is 9.84 Å². The van der Waals surface area contributed by atoms with Crippen molar-refractivity contribution in [1.29, 1.82) is 0 Å². The summed E-state index contributed by atoms with van der Waals surface area (Å²) in [6, 6.07) is 0.618. The molecule has 1 saturated carbocycles. The van der Waals surface area contributed by atoms with Gasteiger partial charge in [0, 0.05) is 24.6 Å². The fraction of sp³-hybridized carbons (Fsp3) is 1.00. The first-order valence-electron chi connectivity index (χ1n) is 5.48. The highest BCUT2D eigenvalue weighted by atomic mass is 32.2. The smallest absolute Gasteiger partial charge is 0.148 e. The summed E-state index contributed by atoms with van der Waals surface area (Å²) in [5.74, 6) is 2.80. The molecular weight excluding hydrogens is 230 g/mol. The first kappa shape index (κ1) is 11.7. The molecule has 2 aliphatic rings. The fourth-order valence-electron chi connectivity index (χ4n) is 2.16. The molecule has 2 fully saturated rings. The topological polar surface area (TPSA) is 46.2 Å². The van der Waals surface area contributed by atoms with Gasteiger partial charge in [-0.25, -0.2) is 8.42 Å². The lowest BCUT2D eigenvalue weighted by atomic mass is 10.1. The summed E-state index contributed by atoms with van der Waals surface area (Å²) in [4.78, 5) is 0. The van der Waals surface area contributed by atoms with Crippen molar-refractivity contribution in [3.63, 3.8) is 0 Å². The number of hydrogen-bond donors (Lipinski definition) is 1. The summed E-state index contributed by atoms with van der Waals surface area (Å²) >= 11 is 1.99. The largest absolute Gasteiger partial charge is 0.313 e. The van der Waals surface area contributed by atoms with E-state index in [9.17, 15) is 8.42 Å². The molecule has 0 aromatic carbocycles. The Morgan fingerprint density at radius 2 is 2.20 bits per heavy atom. The number of nitrogens with one attached hydrogen (secondary N) is 1. The van der Waals surface area contributed by atoms with Crippen molar-refractivity contribution >= 4 is 21.6 Å². The maximum Gasteiger partial charge on any atom is 0.148 e. The Labute approximate surface area is 96.3 Å². The number of hydrogen-bond acceptors (Lipinski definition) is 4. The van der Waals surface area contributed by atoms with Crippen LogP contribution in [0.5, 0.6) is 0 Å². The molecule has 0 aromatic rings. The van der Waals surface area contributed by atoms with Crippen molar-refractivity contribution in [1.82, 2.24) is 5.32 Å². The van der Waals surface area contributed by atoms with Crippen LogP contribution in [0.3, 0.4) is 0 Å². The normalized spacial score (nSPS) is 29.3. The van der Waals surface area contributed by atoms with Gasteiger partial charge in [0.1, 0.15) is 9.84 Å². The van der Waals surface area contributed by atoms with Gasteiger partial charge >= 0.3 is 0 Å². The molecule has 2 rings (SSSR count). The third kappa shape index (κ3) is 3.64. The molecule has 0 amide bonds. The van der Waals surface area contributed by atoms with Crippen LogP contribution in [0.15, 0.2) is 0 Å². The molecule has 0 spiro atoms. The van der Waals surface area contributed by atoms with Crippen molar-refractivity contribution in [2.24, 2.45) is 5.41 Å². The second-order valence-electron chi connectivity index (χ2n) is 5.01. The zero-order chi connectivity index (χ0) is 10.9. The second-order valence-corrected chi connectivity index (χ2v) is 8.30. The molecule has 0 radical (unpaired) electrons. The van der Waals surface area contributed by atoms with E-state index in [1.165, 1.54) is 24.2 Å². The Hall–Kier alpha value is 0.260. The molecule has 5 heteroatoms. The molecule has 1 aliphatic heterocycles. The number of sulfone groups is 1. The lowest BCUT2D eigenvalue weighted by Crippen LogP contribution is -2.36. The van der Waals surface area contributed by atoms with Gasteiger partial charge in [0.25, 0.3) is 0 Å². The van der Waals surface area contributed by atoms with E-state index >= 15 is 0 Å². The Kier molecular flexibility index (Phi) is 3.33. The van der Waals surface area contributed by atoms with Crippen LogP contribution in [0.1, 0.15) is 19.3 Å². The molecule has 15 heavy (non-hydrogen) atoms. The van der Waals surface area contributed by atoms with Crippen molar-refractivity contribution in [2.45, 2.75) is 25.3 Å². The van der Waals surface area contributed by atoms with Gasteiger partial charge in [-0.1, -0.05) is 0 Å². The van der Waals surface area contributed by atoms with E-state index in [1.807, 2.05) is 11.8 Å². The van der Waals surface area contributed by atoms with E-state index in [-0.39, 0.29) is 5.41 Å². The maximum atomic E-state index is 11.3. The van der Waals surface area contributed by atoms with E-state index in [2.05, 4.69) is 5.32 Å². The van der Waals surface area contributed by atoms with E-state index in [0.29, 0.717) is 11.8 Å². The van der Waals surface area contributed by atoms with Gasteiger partial charge < -0.3 is 5.32 Å². The Morgan fingerprint density at radius 3 is 2.67 bits per heavy atom. The predicted octanol–water partition coefficient (Wildman–Crippen LogP) is 0.906. The number of rotatable bonds is 5. The Bertz CT molecular complexity index is 316. The first-order valence-corrected chi connectivity index (χ1v) is 8.70. The third-order valence-corrected chi connectivity index (χ3v) is 5.52. The summed E-state index contributed by atoms with van der Waals surface area (Å²) in [5, 5.41) is 3.52. The highest BCUT2D eigenvalue weighted by Gasteiger charge is 2.45. The quantitative estimate of drug-likeness (QED) is 0.786. The van der Waals surface area contributed by atoms with Gasteiger partial charge in [-0.3, -0.25) is 0 Å². The van der Waals surface area contributed by atoms with Crippen molar-refractivity contribution in [2.75, 3.05) is 30.1 Å². The SMILES string of the molecule is CS(=O)(=O)CC1(CNC2CCSC2)CC1. The zero-order valence-corrected chi connectivity index (χ0v) is 10.8. The number of thioether (sulfide) groups is 1.